The SMILES string of the molecule is CN=C(NCc1ccccc1C)NCC(C)CN1CCCCC1. The lowest BCUT2D eigenvalue weighted by Gasteiger charge is -2.29. The second-order valence-corrected chi connectivity index (χ2v) is 6.70. The summed E-state index contributed by atoms with van der Waals surface area (Å²) in [5.74, 6) is 1.52. The van der Waals surface area contributed by atoms with Gasteiger partial charge in [0, 0.05) is 26.7 Å². The summed E-state index contributed by atoms with van der Waals surface area (Å²) >= 11 is 0. The number of likely N-dealkylation sites (tertiary alicyclic amines) is 1. The maximum Gasteiger partial charge on any atom is 0.191 e. The largest absolute Gasteiger partial charge is 0.356 e. The second-order valence-electron chi connectivity index (χ2n) is 6.70. The number of piperidine rings is 1. The molecular formula is C19H32N4. The van der Waals surface area contributed by atoms with E-state index in [0.717, 1.165) is 19.0 Å². The van der Waals surface area contributed by atoms with E-state index in [1.165, 1.54) is 50.0 Å². The van der Waals surface area contributed by atoms with E-state index in [0.29, 0.717) is 5.92 Å². The smallest absolute Gasteiger partial charge is 0.191 e. The lowest BCUT2D eigenvalue weighted by molar-refractivity contribution is 0.201. The van der Waals surface area contributed by atoms with Crippen LogP contribution in [-0.2, 0) is 6.54 Å². The number of rotatable bonds is 6. The molecule has 23 heavy (non-hydrogen) atoms. The average molecular weight is 316 g/mol. The zero-order valence-corrected chi connectivity index (χ0v) is 14.9. The molecule has 0 spiro atoms. The number of hydrogen-bond acceptors (Lipinski definition) is 2. The summed E-state index contributed by atoms with van der Waals surface area (Å²) in [5.41, 5.74) is 2.63. The Balaban J connectivity index is 1.71. The van der Waals surface area contributed by atoms with Crippen LogP contribution < -0.4 is 10.6 Å². The molecule has 0 saturated carbocycles. The molecular weight excluding hydrogens is 284 g/mol. The number of nitrogens with zero attached hydrogens (tertiary/aromatic N) is 2. The van der Waals surface area contributed by atoms with E-state index >= 15 is 0 Å². The Morgan fingerprint density at radius 2 is 1.91 bits per heavy atom. The Labute approximate surface area is 141 Å². The van der Waals surface area contributed by atoms with Crippen LogP contribution in [0.1, 0.15) is 37.3 Å². The zero-order chi connectivity index (χ0) is 16.5. The van der Waals surface area contributed by atoms with Crippen LogP contribution in [0.15, 0.2) is 29.3 Å². The Morgan fingerprint density at radius 3 is 2.61 bits per heavy atom. The van der Waals surface area contributed by atoms with Crippen LogP contribution in [0.4, 0.5) is 0 Å². The molecule has 0 aliphatic carbocycles. The molecule has 1 aromatic carbocycles. The van der Waals surface area contributed by atoms with Gasteiger partial charge in [0.1, 0.15) is 0 Å². The maximum absolute atomic E-state index is 4.33. The van der Waals surface area contributed by atoms with Gasteiger partial charge in [-0.2, -0.15) is 0 Å². The monoisotopic (exact) mass is 316 g/mol. The summed E-state index contributed by atoms with van der Waals surface area (Å²) in [4.78, 5) is 6.93. The van der Waals surface area contributed by atoms with Gasteiger partial charge in [0.25, 0.3) is 0 Å². The maximum atomic E-state index is 4.33. The molecule has 1 fully saturated rings. The summed E-state index contributed by atoms with van der Waals surface area (Å²) in [6.07, 6.45) is 4.12. The normalized spacial score (nSPS) is 17.8. The van der Waals surface area contributed by atoms with Gasteiger partial charge < -0.3 is 15.5 Å². The first kappa shape index (κ1) is 17.8. The molecule has 1 heterocycles. The summed E-state index contributed by atoms with van der Waals surface area (Å²) in [6.45, 7) is 9.96. The molecule has 0 bridgehead atoms. The van der Waals surface area contributed by atoms with Gasteiger partial charge in [0.15, 0.2) is 5.96 Å². The van der Waals surface area contributed by atoms with Crippen molar-refractivity contribution in [2.45, 2.75) is 39.7 Å². The van der Waals surface area contributed by atoms with Crippen molar-refractivity contribution in [3.63, 3.8) is 0 Å². The van der Waals surface area contributed by atoms with Gasteiger partial charge >= 0.3 is 0 Å². The van der Waals surface area contributed by atoms with Crippen molar-refractivity contribution in [3.8, 4) is 0 Å². The van der Waals surface area contributed by atoms with Crippen molar-refractivity contribution in [2.24, 2.45) is 10.9 Å². The average Bonchev–Trinajstić information content (AvgIpc) is 2.57. The highest BCUT2D eigenvalue weighted by Gasteiger charge is 2.13. The summed E-state index contributed by atoms with van der Waals surface area (Å²) in [6, 6.07) is 8.47. The fraction of sp³-hybridized carbons (Fsp3) is 0.632. The van der Waals surface area contributed by atoms with Gasteiger partial charge in [0.2, 0.25) is 0 Å². The first-order chi connectivity index (χ1) is 11.2. The molecule has 4 heteroatoms. The van der Waals surface area contributed by atoms with Crippen LogP contribution in [0.5, 0.6) is 0 Å². The fourth-order valence-corrected chi connectivity index (χ4v) is 3.13. The minimum Gasteiger partial charge on any atom is -0.356 e. The van der Waals surface area contributed by atoms with E-state index < -0.39 is 0 Å². The van der Waals surface area contributed by atoms with Gasteiger partial charge in [0.05, 0.1) is 0 Å². The lowest BCUT2D eigenvalue weighted by Crippen LogP contribution is -2.42. The van der Waals surface area contributed by atoms with E-state index in [-0.39, 0.29) is 0 Å². The highest BCUT2D eigenvalue weighted by Crippen LogP contribution is 2.10. The van der Waals surface area contributed by atoms with E-state index in [4.69, 9.17) is 0 Å². The number of hydrogen-bond donors (Lipinski definition) is 2. The third-order valence-electron chi connectivity index (χ3n) is 4.57. The minimum absolute atomic E-state index is 0.630. The van der Waals surface area contributed by atoms with Crippen molar-refractivity contribution in [1.82, 2.24) is 15.5 Å². The van der Waals surface area contributed by atoms with Crippen LogP contribution in [0.2, 0.25) is 0 Å². The van der Waals surface area contributed by atoms with Crippen molar-refractivity contribution in [3.05, 3.63) is 35.4 Å². The van der Waals surface area contributed by atoms with E-state index in [1.807, 2.05) is 7.05 Å². The molecule has 2 N–H and O–H groups in total. The van der Waals surface area contributed by atoms with Crippen molar-refractivity contribution < 1.29 is 0 Å². The molecule has 1 unspecified atom stereocenters. The molecule has 2 rings (SSSR count). The summed E-state index contributed by atoms with van der Waals surface area (Å²) in [7, 11) is 1.84. The molecule has 0 aromatic heterocycles. The quantitative estimate of drug-likeness (QED) is 0.626. The second kappa shape index (κ2) is 9.56. The van der Waals surface area contributed by atoms with Crippen LogP contribution >= 0.6 is 0 Å². The first-order valence-corrected chi connectivity index (χ1v) is 8.90. The van der Waals surface area contributed by atoms with Crippen LogP contribution in [0.25, 0.3) is 0 Å². The molecule has 0 amide bonds. The van der Waals surface area contributed by atoms with Gasteiger partial charge in [-0.15, -0.1) is 0 Å². The van der Waals surface area contributed by atoms with E-state index in [9.17, 15) is 0 Å². The third kappa shape index (κ3) is 6.22. The number of aliphatic imine (C=N–C) groups is 1. The van der Waals surface area contributed by atoms with Crippen LogP contribution in [-0.4, -0.2) is 44.1 Å². The van der Waals surface area contributed by atoms with Crippen LogP contribution in [0, 0.1) is 12.8 Å². The summed E-state index contributed by atoms with van der Waals surface area (Å²) < 4.78 is 0. The number of nitrogens with one attached hydrogen (secondary N) is 2. The lowest BCUT2D eigenvalue weighted by atomic mass is 10.1. The molecule has 1 atom stereocenters. The number of aryl methyl sites for hydroxylation is 1. The van der Waals surface area contributed by atoms with Crippen molar-refractivity contribution >= 4 is 5.96 Å². The molecule has 1 saturated heterocycles. The Bertz CT molecular complexity index is 492. The van der Waals surface area contributed by atoms with Gasteiger partial charge in [-0.1, -0.05) is 37.6 Å². The molecule has 4 nitrogen and oxygen atoms in total. The van der Waals surface area contributed by atoms with Gasteiger partial charge in [-0.3, -0.25) is 4.99 Å². The van der Waals surface area contributed by atoms with Gasteiger partial charge in [-0.25, -0.2) is 0 Å². The number of benzene rings is 1. The molecule has 128 valence electrons. The fourth-order valence-electron chi connectivity index (χ4n) is 3.13. The topological polar surface area (TPSA) is 39.7 Å². The standard InChI is InChI=1S/C19H32N4/c1-16(15-23-11-7-4-8-12-23)13-21-19(20-3)22-14-18-10-6-5-9-17(18)2/h5-6,9-10,16H,4,7-8,11-15H2,1-3H3,(H2,20,21,22). The third-order valence-corrected chi connectivity index (χ3v) is 4.57. The highest BCUT2D eigenvalue weighted by molar-refractivity contribution is 5.79. The van der Waals surface area contributed by atoms with Gasteiger partial charge in [-0.05, 0) is 49.9 Å². The Kier molecular flexibility index (Phi) is 7.40. The Morgan fingerprint density at radius 1 is 1.17 bits per heavy atom. The van der Waals surface area contributed by atoms with E-state index in [2.05, 4.69) is 58.6 Å². The minimum atomic E-state index is 0.630. The summed E-state index contributed by atoms with van der Waals surface area (Å²) in [5, 5.41) is 6.87. The Hall–Kier alpha value is -1.55. The van der Waals surface area contributed by atoms with Crippen LogP contribution in [0.3, 0.4) is 0 Å². The van der Waals surface area contributed by atoms with Crippen molar-refractivity contribution in [2.75, 3.05) is 33.2 Å². The van der Waals surface area contributed by atoms with Crippen molar-refractivity contribution in [1.29, 1.82) is 0 Å². The molecule has 0 radical (unpaired) electrons. The highest BCUT2D eigenvalue weighted by atomic mass is 15.2. The molecule has 1 aromatic rings. The van der Waals surface area contributed by atoms with E-state index in [1.54, 1.807) is 0 Å². The molecule has 1 aliphatic rings. The molecule has 1 aliphatic heterocycles. The predicted molar refractivity (Wildman–Crippen MR) is 98.8 cm³/mol. The zero-order valence-electron chi connectivity index (χ0n) is 14.9. The predicted octanol–water partition coefficient (Wildman–Crippen LogP) is 2.78. The number of guanidine groups is 1. The first-order valence-electron chi connectivity index (χ1n) is 8.90.